The van der Waals surface area contributed by atoms with Gasteiger partial charge in [0.1, 0.15) is 0 Å². The fraction of sp³-hybridized carbons (Fsp3) is 0.200. The van der Waals surface area contributed by atoms with Crippen molar-refractivity contribution in [2.75, 3.05) is 5.32 Å². The van der Waals surface area contributed by atoms with Gasteiger partial charge in [0.25, 0.3) is 5.69 Å². The Bertz CT molecular complexity index is 721. The average Bonchev–Trinajstić information content (AvgIpc) is 2.83. The van der Waals surface area contributed by atoms with Crippen LogP contribution in [-0.4, -0.2) is 4.92 Å². The van der Waals surface area contributed by atoms with Gasteiger partial charge in [-0.05, 0) is 64.2 Å². The molecule has 0 fully saturated rings. The van der Waals surface area contributed by atoms with Crippen molar-refractivity contribution < 1.29 is 4.92 Å². The van der Waals surface area contributed by atoms with Crippen molar-refractivity contribution in [2.24, 2.45) is 0 Å². The lowest BCUT2D eigenvalue weighted by Gasteiger charge is -2.15. The van der Waals surface area contributed by atoms with Crippen LogP contribution < -0.4 is 5.32 Å². The van der Waals surface area contributed by atoms with Gasteiger partial charge >= 0.3 is 0 Å². The van der Waals surface area contributed by atoms with E-state index in [9.17, 15) is 10.1 Å². The standard InChI is InChI=1S/C15H12BrClN2O2/c16-13-5-3-11(8-15(13)19(20)21)18-14-6-1-9-7-10(17)2-4-12(9)14/h2-5,7-8,14,18H,1,6H2. The van der Waals surface area contributed by atoms with E-state index in [4.69, 9.17) is 11.6 Å². The third-order valence-corrected chi connectivity index (χ3v) is 4.57. The number of anilines is 1. The van der Waals surface area contributed by atoms with Gasteiger partial charge in [-0.25, -0.2) is 0 Å². The number of fused-ring (bicyclic) bond motifs is 1. The molecule has 1 aliphatic rings. The van der Waals surface area contributed by atoms with Crippen LogP contribution in [0.25, 0.3) is 0 Å². The molecule has 108 valence electrons. The molecule has 3 rings (SSSR count). The number of nitro groups is 1. The summed E-state index contributed by atoms with van der Waals surface area (Å²) in [5.41, 5.74) is 3.27. The van der Waals surface area contributed by atoms with Crippen molar-refractivity contribution in [1.29, 1.82) is 0 Å². The van der Waals surface area contributed by atoms with Crippen molar-refractivity contribution in [3.8, 4) is 0 Å². The van der Waals surface area contributed by atoms with Gasteiger partial charge in [0.05, 0.1) is 15.4 Å². The molecule has 6 heteroatoms. The van der Waals surface area contributed by atoms with Gasteiger partial charge in [-0.3, -0.25) is 10.1 Å². The normalized spacial score (nSPS) is 16.6. The summed E-state index contributed by atoms with van der Waals surface area (Å²) in [6, 6.07) is 11.1. The van der Waals surface area contributed by atoms with E-state index in [1.54, 1.807) is 12.1 Å². The van der Waals surface area contributed by atoms with Crippen molar-refractivity contribution in [2.45, 2.75) is 18.9 Å². The Hall–Kier alpha value is -1.59. The topological polar surface area (TPSA) is 55.2 Å². The minimum absolute atomic E-state index is 0.0642. The summed E-state index contributed by atoms with van der Waals surface area (Å²) in [6.45, 7) is 0. The summed E-state index contributed by atoms with van der Waals surface area (Å²) in [5.74, 6) is 0. The fourth-order valence-corrected chi connectivity index (χ4v) is 3.27. The van der Waals surface area contributed by atoms with Crippen LogP contribution >= 0.6 is 27.5 Å². The van der Waals surface area contributed by atoms with Crippen LogP contribution in [0.5, 0.6) is 0 Å². The molecule has 2 aromatic rings. The highest BCUT2D eigenvalue weighted by molar-refractivity contribution is 9.10. The predicted molar refractivity (Wildman–Crippen MR) is 86.9 cm³/mol. The number of nitrogens with one attached hydrogen (secondary N) is 1. The largest absolute Gasteiger partial charge is 0.378 e. The molecule has 1 atom stereocenters. The first-order valence-corrected chi connectivity index (χ1v) is 7.70. The van der Waals surface area contributed by atoms with Gasteiger partial charge in [0.2, 0.25) is 0 Å². The first kappa shape index (κ1) is 14.4. The van der Waals surface area contributed by atoms with E-state index >= 15 is 0 Å². The number of halogens is 2. The van der Waals surface area contributed by atoms with Gasteiger partial charge in [-0.15, -0.1) is 0 Å². The van der Waals surface area contributed by atoms with E-state index in [1.807, 2.05) is 24.3 Å². The highest BCUT2D eigenvalue weighted by Crippen LogP contribution is 2.36. The van der Waals surface area contributed by atoms with Gasteiger partial charge in [-0.2, -0.15) is 0 Å². The van der Waals surface area contributed by atoms with Crippen LogP contribution in [-0.2, 0) is 6.42 Å². The average molecular weight is 368 g/mol. The lowest BCUT2D eigenvalue weighted by molar-refractivity contribution is -0.385. The summed E-state index contributed by atoms with van der Waals surface area (Å²) in [7, 11) is 0. The molecule has 0 aliphatic heterocycles. The number of benzene rings is 2. The number of nitrogens with zero attached hydrogens (tertiary/aromatic N) is 1. The van der Waals surface area contributed by atoms with E-state index < -0.39 is 4.92 Å². The Morgan fingerprint density at radius 1 is 1.29 bits per heavy atom. The van der Waals surface area contributed by atoms with E-state index in [0.717, 1.165) is 23.6 Å². The molecular weight excluding hydrogens is 356 g/mol. The first-order chi connectivity index (χ1) is 10.0. The Kier molecular flexibility index (Phi) is 3.87. The lowest BCUT2D eigenvalue weighted by Crippen LogP contribution is -2.07. The summed E-state index contributed by atoms with van der Waals surface area (Å²) in [6.07, 6.45) is 1.92. The van der Waals surface area contributed by atoms with Gasteiger partial charge in [0, 0.05) is 16.8 Å². The Morgan fingerprint density at radius 3 is 2.86 bits per heavy atom. The van der Waals surface area contributed by atoms with Crippen molar-refractivity contribution in [3.63, 3.8) is 0 Å². The maximum absolute atomic E-state index is 11.0. The second-order valence-corrected chi connectivity index (χ2v) is 6.29. The Balaban J connectivity index is 1.86. The van der Waals surface area contributed by atoms with Crippen LogP contribution in [0, 0.1) is 10.1 Å². The van der Waals surface area contributed by atoms with Crippen LogP contribution in [0.15, 0.2) is 40.9 Å². The molecule has 1 aliphatic carbocycles. The Labute approximate surface area is 135 Å². The third-order valence-electron chi connectivity index (χ3n) is 3.67. The highest BCUT2D eigenvalue weighted by atomic mass is 79.9. The highest BCUT2D eigenvalue weighted by Gasteiger charge is 2.23. The quantitative estimate of drug-likeness (QED) is 0.606. The minimum Gasteiger partial charge on any atom is -0.378 e. The number of rotatable bonds is 3. The monoisotopic (exact) mass is 366 g/mol. The molecule has 4 nitrogen and oxygen atoms in total. The number of hydrogen-bond acceptors (Lipinski definition) is 3. The number of nitro benzene ring substituents is 1. The molecule has 0 aromatic heterocycles. The van der Waals surface area contributed by atoms with Crippen molar-refractivity contribution in [1.82, 2.24) is 0 Å². The molecule has 0 bridgehead atoms. The smallest absolute Gasteiger partial charge is 0.285 e. The van der Waals surface area contributed by atoms with Crippen LogP contribution in [0.3, 0.4) is 0 Å². The fourth-order valence-electron chi connectivity index (χ4n) is 2.68. The second-order valence-electron chi connectivity index (χ2n) is 5.00. The van der Waals surface area contributed by atoms with E-state index in [0.29, 0.717) is 4.47 Å². The number of aryl methyl sites for hydroxylation is 1. The minimum atomic E-state index is -0.391. The first-order valence-electron chi connectivity index (χ1n) is 6.53. The number of hydrogen-bond donors (Lipinski definition) is 1. The molecular formula is C15H12BrClN2O2. The second kappa shape index (κ2) is 5.66. The Morgan fingerprint density at radius 2 is 2.10 bits per heavy atom. The van der Waals surface area contributed by atoms with E-state index in [-0.39, 0.29) is 11.7 Å². The third kappa shape index (κ3) is 2.89. The van der Waals surface area contributed by atoms with Gasteiger partial charge in [0.15, 0.2) is 0 Å². The summed E-state index contributed by atoms with van der Waals surface area (Å²) < 4.78 is 0.483. The molecule has 0 amide bonds. The molecule has 0 spiro atoms. The molecule has 1 unspecified atom stereocenters. The molecule has 0 saturated heterocycles. The van der Waals surface area contributed by atoms with Crippen molar-refractivity contribution in [3.05, 3.63) is 67.1 Å². The molecule has 0 saturated carbocycles. The van der Waals surface area contributed by atoms with Gasteiger partial charge in [-0.1, -0.05) is 17.7 Å². The zero-order valence-electron chi connectivity index (χ0n) is 11.0. The molecule has 0 radical (unpaired) electrons. The van der Waals surface area contributed by atoms with Crippen molar-refractivity contribution >= 4 is 38.9 Å². The zero-order chi connectivity index (χ0) is 15.0. The zero-order valence-corrected chi connectivity index (χ0v) is 13.3. The summed E-state index contributed by atoms with van der Waals surface area (Å²) in [5, 5.41) is 15.1. The summed E-state index contributed by atoms with van der Waals surface area (Å²) >= 11 is 9.20. The van der Waals surface area contributed by atoms with Gasteiger partial charge < -0.3 is 5.32 Å². The SMILES string of the molecule is O=[N+]([O-])c1cc(NC2CCc3cc(Cl)ccc32)ccc1Br. The molecule has 1 N–H and O–H groups in total. The summed E-state index contributed by atoms with van der Waals surface area (Å²) in [4.78, 5) is 10.6. The molecule has 0 heterocycles. The maximum Gasteiger partial charge on any atom is 0.285 e. The van der Waals surface area contributed by atoms with E-state index in [2.05, 4.69) is 21.2 Å². The van der Waals surface area contributed by atoms with Crippen LogP contribution in [0.2, 0.25) is 5.02 Å². The lowest BCUT2D eigenvalue weighted by atomic mass is 10.1. The molecule has 2 aromatic carbocycles. The van der Waals surface area contributed by atoms with Crippen LogP contribution in [0.4, 0.5) is 11.4 Å². The van der Waals surface area contributed by atoms with E-state index in [1.165, 1.54) is 11.1 Å². The predicted octanol–water partition coefficient (Wildman–Crippen LogP) is 5.11. The van der Waals surface area contributed by atoms with Crippen LogP contribution in [0.1, 0.15) is 23.6 Å². The molecule has 21 heavy (non-hydrogen) atoms. The maximum atomic E-state index is 11.0.